The van der Waals surface area contributed by atoms with Gasteiger partial charge in [0.25, 0.3) is 5.88 Å². The summed E-state index contributed by atoms with van der Waals surface area (Å²) in [5.41, 5.74) is 6.99. The summed E-state index contributed by atoms with van der Waals surface area (Å²) in [6.07, 6.45) is 7.78. The molecule has 20 heavy (non-hydrogen) atoms. The number of aromatic nitrogens is 3. The third kappa shape index (κ3) is 2.85. The number of nitrogens with two attached hydrogens (primary N) is 1. The van der Waals surface area contributed by atoms with Crippen molar-refractivity contribution in [1.82, 2.24) is 15.0 Å². The van der Waals surface area contributed by atoms with E-state index in [2.05, 4.69) is 19.9 Å². The van der Waals surface area contributed by atoms with Crippen molar-refractivity contribution in [3.05, 3.63) is 42.5 Å². The molecule has 3 rings (SSSR count). The lowest BCUT2D eigenvalue weighted by atomic mass is 10.3. The molecule has 2 aromatic heterocycles. The minimum atomic E-state index is 0.199. The summed E-state index contributed by atoms with van der Waals surface area (Å²) in [6.45, 7) is 2.14. The van der Waals surface area contributed by atoms with Crippen LogP contribution in [0.2, 0.25) is 0 Å². The molecular formula is C14H17N5O. The zero-order valence-corrected chi connectivity index (χ0v) is 11.1. The van der Waals surface area contributed by atoms with Crippen LogP contribution < -0.4 is 15.4 Å². The molecule has 1 fully saturated rings. The minimum absolute atomic E-state index is 0.199. The summed E-state index contributed by atoms with van der Waals surface area (Å²) in [5.74, 6) is 1.33. The SMILES string of the molecule is NC1CCN(c2nccnc2OCc2ccncc2)C1. The van der Waals surface area contributed by atoms with Crippen molar-refractivity contribution < 1.29 is 4.74 Å². The van der Waals surface area contributed by atoms with Crippen molar-refractivity contribution in [3.63, 3.8) is 0 Å². The fourth-order valence-electron chi connectivity index (χ4n) is 2.25. The number of hydrogen-bond donors (Lipinski definition) is 1. The van der Waals surface area contributed by atoms with Crippen LogP contribution in [0.4, 0.5) is 5.82 Å². The Hall–Kier alpha value is -2.21. The van der Waals surface area contributed by atoms with Gasteiger partial charge in [0.05, 0.1) is 0 Å². The molecule has 2 N–H and O–H groups in total. The molecular weight excluding hydrogens is 254 g/mol. The molecule has 0 spiro atoms. The molecule has 0 radical (unpaired) electrons. The van der Waals surface area contributed by atoms with Gasteiger partial charge in [-0.2, -0.15) is 0 Å². The van der Waals surface area contributed by atoms with Crippen LogP contribution >= 0.6 is 0 Å². The van der Waals surface area contributed by atoms with Crippen LogP contribution in [0.5, 0.6) is 5.88 Å². The molecule has 0 amide bonds. The number of rotatable bonds is 4. The second-order valence-corrected chi connectivity index (χ2v) is 4.82. The molecule has 6 heteroatoms. The highest BCUT2D eigenvalue weighted by molar-refractivity contribution is 5.49. The largest absolute Gasteiger partial charge is 0.470 e. The van der Waals surface area contributed by atoms with Gasteiger partial charge in [-0.05, 0) is 24.1 Å². The van der Waals surface area contributed by atoms with Gasteiger partial charge >= 0.3 is 0 Å². The van der Waals surface area contributed by atoms with E-state index in [1.165, 1.54) is 0 Å². The van der Waals surface area contributed by atoms with Gasteiger partial charge in [-0.25, -0.2) is 9.97 Å². The lowest BCUT2D eigenvalue weighted by Gasteiger charge is -2.19. The van der Waals surface area contributed by atoms with E-state index in [0.717, 1.165) is 30.9 Å². The van der Waals surface area contributed by atoms with E-state index in [9.17, 15) is 0 Å². The molecule has 2 aromatic rings. The van der Waals surface area contributed by atoms with Gasteiger partial charge < -0.3 is 15.4 Å². The molecule has 1 unspecified atom stereocenters. The first-order valence-electron chi connectivity index (χ1n) is 6.66. The fourth-order valence-corrected chi connectivity index (χ4v) is 2.25. The van der Waals surface area contributed by atoms with Gasteiger partial charge in [-0.1, -0.05) is 0 Å². The molecule has 0 saturated carbocycles. The summed E-state index contributed by atoms with van der Waals surface area (Å²) < 4.78 is 5.79. The first kappa shape index (κ1) is 12.8. The van der Waals surface area contributed by atoms with Gasteiger partial charge in [0.15, 0.2) is 5.82 Å². The number of anilines is 1. The lowest BCUT2D eigenvalue weighted by Crippen LogP contribution is -2.27. The van der Waals surface area contributed by atoms with Crippen molar-refractivity contribution in [2.24, 2.45) is 5.73 Å². The lowest BCUT2D eigenvalue weighted by molar-refractivity contribution is 0.293. The Kier molecular flexibility index (Phi) is 3.73. The smallest absolute Gasteiger partial charge is 0.257 e. The second-order valence-electron chi connectivity index (χ2n) is 4.82. The summed E-state index contributed by atoms with van der Waals surface area (Å²) >= 11 is 0. The van der Waals surface area contributed by atoms with E-state index in [-0.39, 0.29) is 6.04 Å². The zero-order chi connectivity index (χ0) is 13.8. The maximum Gasteiger partial charge on any atom is 0.257 e. The molecule has 104 valence electrons. The minimum Gasteiger partial charge on any atom is -0.470 e. The molecule has 6 nitrogen and oxygen atoms in total. The Balaban J connectivity index is 1.73. The molecule has 0 bridgehead atoms. The van der Waals surface area contributed by atoms with Crippen LogP contribution in [0.25, 0.3) is 0 Å². The highest BCUT2D eigenvalue weighted by Gasteiger charge is 2.23. The van der Waals surface area contributed by atoms with Gasteiger partial charge in [-0.3, -0.25) is 4.98 Å². The summed E-state index contributed by atoms with van der Waals surface area (Å²) in [7, 11) is 0. The van der Waals surface area contributed by atoms with Crippen LogP contribution in [-0.2, 0) is 6.61 Å². The molecule has 3 heterocycles. The number of nitrogens with zero attached hydrogens (tertiary/aromatic N) is 4. The van der Waals surface area contributed by atoms with Crippen molar-refractivity contribution in [1.29, 1.82) is 0 Å². The molecule has 1 atom stereocenters. The molecule has 1 saturated heterocycles. The average molecular weight is 271 g/mol. The summed E-state index contributed by atoms with van der Waals surface area (Å²) in [5, 5.41) is 0. The molecule has 1 aliphatic rings. The Labute approximate surface area is 117 Å². The maximum atomic E-state index is 5.94. The van der Waals surface area contributed by atoms with E-state index < -0.39 is 0 Å². The third-order valence-corrected chi connectivity index (χ3v) is 3.30. The van der Waals surface area contributed by atoms with Crippen molar-refractivity contribution >= 4 is 5.82 Å². The van der Waals surface area contributed by atoms with Gasteiger partial charge in [-0.15, -0.1) is 0 Å². The highest BCUT2D eigenvalue weighted by atomic mass is 16.5. The first-order chi connectivity index (χ1) is 9.83. The molecule has 1 aliphatic heterocycles. The number of hydrogen-bond acceptors (Lipinski definition) is 6. The van der Waals surface area contributed by atoms with E-state index in [4.69, 9.17) is 10.5 Å². The third-order valence-electron chi connectivity index (χ3n) is 3.30. The standard InChI is InChI=1S/C14H17N5O/c15-12-3-8-19(9-12)13-14(18-7-6-17-13)20-10-11-1-4-16-5-2-11/h1-2,4-7,12H,3,8-10,15H2. The van der Waals surface area contributed by atoms with Crippen molar-refractivity contribution in [2.75, 3.05) is 18.0 Å². The average Bonchev–Trinajstić information content (AvgIpc) is 2.93. The first-order valence-corrected chi connectivity index (χ1v) is 6.66. The van der Waals surface area contributed by atoms with Crippen LogP contribution in [0.1, 0.15) is 12.0 Å². The monoisotopic (exact) mass is 271 g/mol. The quantitative estimate of drug-likeness (QED) is 0.893. The van der Waals surface area contributed by atoms with Crippen molar-refractivity contribution in [2.45, 2.75) is 19.1 Å². The predicted molar refractivity (Wildman–Crippen MR) is 75.4 cm³/mol. The Morgan fingerprint density at radius 3 is 2.75 bits per heavy atom. The van der Waals surface area contributed by atoms with E-state index in [1.54, 1.807) is 24.8 Å². The van der Waals surface area contributed by atoms with E-state index in [1.807, 2.05) is 12.1 Å². The Bertz CT molecular complexity index is 563. The Morgan fingerprint density at radius 2 is 2.00 bits per heavy atom. The predicted octanol–water partition coefficient (Wildman–Crippen LogP) is 0.988. The highest BCUT2D eigenvalue weighted by Crippen LogP contribution is 2.26. The fraction of sp³-hybridized carbons (Fsp3) is 0.357. The summed E-state index contributed by atoms with van der Waals surface area (Å²) in [6, 6.07) is 4.04. The normalized spacial score (nSPS) is 18.2. The van der Waals surface area contributed by atoms with Gasteiger partial charge in [0, 0.05) is 43.9 Å². The molecule has 0 aromatic carbocycles. The van der Waals surface area contributed by atoms with Crippen LogP contribution in [0.3, 0.4) is 0 Å². The zero-order valence-electron chi connectivity index (χ0n) is 11.1. The van der Waals surface area contributed by atoms with E-state index >= 15 is 0 Å². The second kappa shape index (κ2) is 5.83. The van der Waals surface area contributed by atoms with E-state index in [0.29, 0.717) is 12.5 Å². The van der Waals surface area contributed by atoms with Gasteiger partial charge in [0.1, 0.15) is 6.61 Å². The van der Waals surface area contributed by atoms with Crippen LogP contribution in [0, 0.1) is 0 Å². The van der Waals surface area contributed by atoms with Gasteiger partial charge in [0.2, 0.25) is 0 Å². The van der Waals surface area contributed by atoms with Crippen molar-refractivity contribution in [3.8, 4) is 5.88 Å². The summed E-state index contributed by atoms with van der Waals surface area (Å²) in [4.78, 5) is 14.8. The van der Waals surface area contributed by atoms with Crippen LogP contribution in [0.15, 0.2) is 36.9 Å². The molecule has 0 aliphatic carbocycles. The number of ether oxygens (including phenoxy) is 1. The topological polar surface area (TPSA) is 77.2 Å². The Morgan fingerprint density at radius 1 is 1.20 bits per heavy atom. The van der Waals surface area contributed by atoms with Crippen LogP contribution in [-0.4, -0.2) is 34.1 Å². The maximum absolute atomic E-state index is 5.94. The number of pyridine rings is 1.